The van der Waals surface area contributed by atoms with Crippen molar-refractivity contribution in [1.82, 2.24) is 15.6 Å². The zero-order valence-electron chi connectivity index (χ0n) is 9.96. The molecular formula is C12H21N3O. The average Bonchev–Trinajstić information content (AvgIpc) is 2.79. The van der Waals surface area contributed by atoms with Crippen LogP contribution in [-0.2, 0) is 6.42 Å². The Kier molecular flexibility index (Phi) is 4.36. The fraction of sp³-hybridized carbons (Fsp3) is 0.750. The Bertz CT molecular complexity index is 305. The normalized spacial score (nSPS) is 21.2. The van der Waals surface area contributed by atoms with Gasteiger partial charge < -0.3 is 15.1 Å². The highest BCUT2D eigenvalue weighted by Crippen LogP contribution is 2.22. The molecule has 0 aromatic carbocycles. The first-order valence-electron chi connectivity index (χ1n) is 6.20. The molecule has 16 heavy (non-hydrogen) atoms. The standard InChI is InChI=1S/C12H21N3O/c1-13-6-3-5-11-9-16-12(15-11)10-4-2-7-14-8-10/h9-10,13-14H,2-8H2,1H3. The SMILES string of the molecule is CNCCCc1coc(C2CCCNC2)n1. The van der Waals surface area contributed by atoms with Crippen LogP contribution in [0.4, 0.5) is 0 Å². The first-order chi connectivity index (χ1) is 7.90. The third kappa shape index (κ3) is 3.06. The van der Waals surface area contributed by atoms with Crippen molar-refractivity contribution in [1.29, 1.82) is 0 Å². The molecule has 0 aliphatic carbocycles. The van der Waals surface area contributed by atoms with E-state index in [1.165, 1.54) is 12.8 Å². The molecule has 0 radical (unpaired) electrons. The minimum atomic E-state index is 0.479. The molecule has 1 aromatic rings. The second kappa shape index (κ2) is 6.01. The second-order valence-corrected chi connectivity index (χ2v) is 4.43. The van der Waals surface area contributed by atoms with Crippen molar-refractivity contribution in [2.45, 2.75) is 31.6 Å². The highest BCUT2D eigenvalue weighted by atomic mass is 16.3. The highest BCUT2D eigenvalue weighted by Gasteiger charge is 2.19. The number of nitrogens with one attached hydrogen (secondary N) is 2. The van der Waals surface area contributed by atoms with E-state index in [0.29, 0.717) is 5.92 Å². The molecule has 2 N–H and O–H groups in total. The second-order valence-electron chi connectivity index (χ2n) is 4.43. The van der Waals surface area contributed by atoms with Crippen molar-refractivity contribution in [3.63, 3.8) is 0 Å². The van der Waals surface area contributed by atoms with E-state index in [2.05, 4.69) is 15.6 Å². The van der Waals surface area contributed by atoms with Gasteiger partial charge in [0.15, 0.2) is 5.89 Å². The van der Waals surface area contributed by atoms with E-state index in [-0.39, 0.29) is 0 Å². The van der Waals surface area contributed by atoms with Gasteiger partial charge in [-0.1, -0.05) is 0 Å². The van der Waals surface area contributed by atoms with Gasteiger partial charge in [0.25, 0.3) is 0 Å². The molecule has 1 saturated heterocycles. The van der Waals surface area contributed by atoms with Crippen molar-refractivity contribution in [2.75, 3.05) is 26.7 Å². The molecule has 1 atom stereocenters. The van der Waals surface area contributed by atoms with E-state index in [4.69, 9.17) is 4.42 Å². The largest absolute Gasteiger partial charge is 0.448 e. The van der Waals surface area contributed by atoms with E-state index < -0.39 is 0 Å². The van der Waals surface area contributed by atoms with Gasteiger partial charge in [-0.15, -0.1) is 0 Å². The molecule has 1 aromatic heterocycles. The number of oxazole rings is 1. The molecule has 1 aliphatic rings. The summed E-state index contributed by atoms with van der Waals surface area (Å²) in [7, 11) is 1.97. The Balaban J connectivity index is 1.85. The van der Waals surface area contributed by atoms with Gasteiger partial charge in [-0.2, -0.15) is 0 Å². The maximum Gasteiger partial charge on any atom is 0.198 e. The van der Waals surface area contributed by atoms with Crippen LogP contribution in [0.1, 0.15) is 36.8 Å². The van der Waals surface area contributed by atoms with Crippen LogP contribution in [-0.4, -0.2) is 31.7 Å². The number of piperidine rings is 1. The molecule has 4 heteroatoms. The summed E-state index contributed by atoms with van der Waals surface area (Å²) < 4.78 is 5.56. The van der Waals surface area contributed by atoms with Crippen LogP contribution in [0.5, 0.6) is 0 Å². The molecule has 0 saturated carbocycles. The predicted molar refractivity (Wildman–Crippen MR) is 63.6 cm³/mol. The van der Waals surface area contributed by atoms with Crippen LogP contribution in [0.3, 0.4) is 0 Å². The minimum absolute atomic E-state index is 0.479. The molecule has 2 rings (SSSR count). The summed E-state index contributed by atoms with van der Waals surface area (Å²) in [5, 5.41) is 6.52. The van der Waals surface area contributed by atoms with Gasteiger partial charge in [0.1, 0.15) is 6.26 Å². The molecule has 0 bridgehead atoms. The molecule has 90 valence electrons. The average molecular weight is 223 g/mol. The maximum absolute atomic E-state index is 5.56. The smallest absolute Gasteiger partial charge is 0.198 e. The summed E-state index contributed by atoms with van der Waals surface area (Å²) in [6.07, 6.45) is 6.36. The number of aryl methyl sites for hydroxylation is 1. The monoisotopic (exact) mass is 223 g/mol. The van der Waals surface area contributed by atoms with E-state index >= 15 is 0 Å². The molecule has 0 amide bonds. The van der Waals surface area contributed by atoms with Crippen molar-refractivity contribution in [2.24, 2.45) is 0 Å². The number of hydrogen-bond donors (Lipinski definition) is 2. The van der Waals surface area contributed by atoms with E-state index in [1.54, 1.807) is 0 Å². The summed E-state index contributed by atoms with van der Waals surface area (Å²) >= 11 is 0. The fourth-order valence-corrected chi connectivity index (χ4v) is 2.13. The van der Waals surface area contributed by atoms with Crippen LogP contribution in [0.15, 0.2) is 10.7 Å². The first-order valence-corrected chi connectivity index (χ1v) is 6.20. The summed E-state index contributed by atoms with van der Waals surface area (Å²) in [4.78, 5) is 4.57. The summed E-state index contributed by atoms with van der Waals surface area (Å²) in [6, 6.07) is 0. The fourth-order valence-electron chi connectivity index (χ4n) is 2.13. The van der Waals surface area contributed by atoms with Crippen LogP contribution >= 0.6 is 0 Å². The van der Waals surface area contributed by atoms with Crippen LogP contribution in [0, 0.1) is 0 Å². The van der Waals surface area contributed by atoms with Gasteiger partial charge in [-0.3, -0.25) is 0 Å². The lowest BCUT2D eigenvalue weighted by Crippen LogP contribution is -2.28. The number of aromatic nitrogens is 1. The Labute approximate surface area is 96.8 Å². The summed E-state index contributed by atoms with van der Waals surface area (Å²) in [6.45, 7) is 3.18. The van der Waals surface area contributed by atoms with Gasteiger partial charge in [-0.25, -0.2) is 4.98 Å². The van der Waals surface area contributed by atoms with E-state index in [1.807, 2.05) is 13.3 Å². The Hall–Kier alpha value is -0.870. The van der Waals surface area contributed by atoms with E-state index in [0.717, 1.165) is 44.1 Å². The molecule has 4 nitrogen and oxygen atoms in total. The topological polar surface area (TPSA) is 50.1 Å². The molecular weight excluding hydrogens is 202 g/mol. The lowest BCUT2D eigenvalue weighted by atomic mass is 10.00. The summed E-state index contributed by atoms with van der Waals surface area (Å²) in [5.41, 5.74) is 1.09. The van der Waals surface area contributed by atoms with Crippen LogP contribution < -0.4 is 10.6 Å². The van der Waals surface area contributed by atoms with Gasteiger partial charge in [0.05, 0.1) is 5.69 Å². The van der Waals surface area contributed by atoms with Gasteiger partial charge in [0.2, 0.25) is 0 Å². The Morgan fingerprint density at radius 2 is 2.56 bits per heavy atom. The predicted octanol–water partition coefficient (Wildman–Crippen LogP) is 1.29. The first kappa shape index (κ1) is 11.6. The molecule has 1 unspecified atom stereocenters. The Morgan fingerprint density at radius 1 is 1.62 bits per heavy atom. The van der Waals surface area contributed by atoms with Crippen molar-refractivity contribution < 1.29 is 4.42 Å². The van der Waals surface area contributed by atoms with Gasteiger partial charge in [0, 0.05) is 12.5 Å². The minimum Gasteiger partial charge on any atom is -0.448 e. The van der Waals surface area contributed by atoms with Gasteiger partial charge >= 0.3 is 0 Å². The maximum atomic E-state index is 5.56. The zero-order chi connectivity index (χ0) is 11.2. The number of hydrogen-bond acceptors (Lipinski definition) is 4. The van der Waals surface area contributed by atoms with Gasteiger partial charge in [-0.05, 0) is 45.8 Å². The molecule has 1 aliphatic heterocycles. The van der Waals surface area contributed by atoms with E-state index in [9.17, 15) is 0 Å². The number of rotatable bonds is 5. The van der Waals surface area contributed by atoms with Crippen molar-refractivity contribution >= 4 is 0 Å². The third-order valence-electron chi connectivity index (χ3n) is 3.08. The van der Waals surface area contributed by atoms with Crippen LogP contribution in [0.25, 0.3) is 0 Å². The molecule has 2 heterocycles. The highest BCUT2D eigenvalue weighted by molar-refractivity contribution is 5.02. The quantitative estimate of drug-likeness (QED) is 0.739. The third-order valence-corrected chi connectivity index (χ3v) is 3.08. The molecule has 0 spiro atoms. The Morgan fingerprint density at radius 3 is 3.31 bits per heavy atom. The molecule has 1 fully saturated rings. The summed E-state index contributed by atoms with van der Waals surface area (Å²) in [5.74, 6) is 1.40. The zero-order valence-corrected chi connectivity index (χ0v) is 9.96. The lowest BCUT2D eigenvalue weighted by Gasteiger charge is -2.19. The number of nitrogens with zero attached hydrogens (tertiary/aromatic N) is 1. The van der Waals surface area contributed by atoms with Crippen molar-refractivity contribution in [3.8, 4) is 0 Å². The van der Waals surface area contributed by atoms with Crippen molar-refractivity contribution in [3.05, 3.63) is 17.8 Å². The lowest BCUT2D eigenvalue weighted by molar-refractivity contribution is 0.376. The van der Waals surface area contributed by atoms with Crippen LogP contribution in [0.2, 0.25) is 0 Å².